The number of aromatic nitrogens is 3. The summed E-state index contributed by atoms with van der Waals surface area (Å²) < 4.78 is 4.96. The van der Waals surface area contributed by atoms with Gasteiger partial charge in [-0.3, -0.25) is 0 Å². The van der Waals surface area contributed by atoms with Crippen molar-refractivity contribution in [1.82, 2.24) is 13.9 Å². The minimum absolute atomic E-state index is 0.0745. The third-order valence-electron chi connectivity index (χ3n) is 14.0. The predicted molar refractivity (Wildman–Crippen MR) is 141 cm³/mol. The van der Waals surface area contributed by atoms with E-state index in [0.717, 1.165) is 57.8 Å². The summed E-state index contributed by atoms with van der Waals surface area (Å²) in [6.07, 6.45) is 8.40. The van der Waals surface area contributed by atoms with Crippen LogP contribution in [0, 0.1) is 39.4 Å². The topological polar surface area (TPSA) is 89.4 Å². The summed E-state index contributed by atoms with van der Waals surface area (Å²) in [7, 11) is 1.62. The summed E-state index contributed by atoms with van der Waals surface area (Å²) >= 11 is 0. The van der Waals surface area contributed by atoms with Crippen molar-refractivity contribution >= 4 is 0 Å². The summed E-state index contributed by atoms with van der Waals surface area (Å²) in [6, 6.07) is -0.144. The van der Waals surface area contributed by atoms with Crippen LogP contribution in [0.4, 0.5) is 0 Å². The third kappa shape index (κ3) is 2.41. The molecule has 204 valence electrons. The summed E-state index contributed by atoms with van der Waals surface area (Å²) in [5, 5.41) is 21.7. The Labute approximate surface area is 219 Å². The molecule has 1 aromatic rings. The van der Waals surface area contributed by atoms with E-state index in [-0.39, 0.29) is 57.7 Å². The van der Waals surface area contributed by atoms with Crippen LogP contribution in [0.1, 0.15) is 98.4 Å². The third-order valence-corrected chi connectivity index (χ3v) is 14.0. The maximum absolute atomic E-state index is 13.8. The number of aliphatic hydroxyl groups excluding tert-OH is 2. The number of hydrogen-bond donors (Lipinski definition) is 2. The molecule has 1 aromatic heterocycles. The standard InChI is InChI=1S/C30H45N3O4/c1-17-18-7-10-27(3)21(26(18,2)9-8-20(17)35)15-19-22-23-29(5,33-25(37)31(6)24(36)32(19)33)12-14-30(23,16-34)13-11-28(22,27)4/h17-21,34-35H,7-16H2,1-6H3. The van der Waals surface area contributed by atoms with Crippen molar-refractivity contribution in [3.63, 3.8) is 0 Å². The van der Waals surface area contributed by atoms with E-state index in [9.17, 15) is 19.8 Å². The van der Waals surface area contributed by atoms with E-state index in [2.05, 4.69) is 34.6 Å². The van der Waals surface area contributed by atoms with E-state index < -0.39 is 5.54 Å². The van der Waals surface area contributed by atoms with Crippen LogP contribution < -0.4 is 11.4 Å². The number of allylic oxidation sites excluding steroid dienone is 1. The summed E-state index contributed by atoms with van der Waals surface area (Å²) in [5.74, 6) is 1.16. The van der Waals surface area contributed by atoms with Gasteiger partial charge in [-0.05, 0) is 110 Å². The van der Waals surface area contributed by atoms with Gasteiger partial charge in [0.2, 0.25) is 0 Å². The van der Waals surface area contributed by atoms with Crippen molar-refractivity contribution in [2.24, 2.45) is 46.5 Å². The van der Waals surface area contributed by atoms with E-state index in [1.54, 1.807) is 11.7 Å². The van der Waals surface area contributed by atoms with Crippen molar-refractivity contribution in [2.75, 3.05) is 6.61 Å². The number of hydrogen-bond acceptors (Lipinski definition) is 4. The maximum atomic E-state index is 13.8. The molecule has 0 spiro atoms. The predicted octanol–water partition coefficient (Wildman–Crippen LogP) is 3.72. The van der Waals surface area contributed by atoms with Gasteiger partial charge in [-0.1, -0.05) is 27.7 Å². The molecule has 0 amide bonds. The first kappa shape index (κ1) is 24.4. The Hall–Kier alpha value is -1.60. The molecule has 2 heterocycles. The molecule has 2 N–H and O–H groups in total. The van der Waals surface area contributed by atoms with Crippen molar-refractivity contribution < 1.29 is 10.2 Å². The molecule has 7 nitrogen and oxygen atoms in total. The van der Waals surface area contributed by atoms with Gasteiger partial charge in [-0.2, -0.15) is 0 Å². The molecule has 10 atom stereocenters. The lowest BCUT2D eigenvalue weighted by molar-refractivity contribution is -0.189. The number of nitrogens with zero attached hydrogens (tertiary/aromatic N) is 3. The van der Waals surface area contributed by atoms with Gasteiger partial charge in [0.25, 0.3) is 0 Å². The van der Waals surface area contributed by atoms with E-state index in [4.69, 9.17) is 0 Å². The lowest BCUT2D eigenvalue weighted by Gasteiger charge is -2.71. The summed E-state index contributed by atoms with van der Waals surface area (Å²) in [5.41, 5.74) is 1.49. The lowest BCUT2D eigenvalue weighted by Crippen LogP contribution is -2.66. The molecular weight excluding hydrogens is 466 g/mol. The van der Waals surface area contributed by atoms with E-state index in [1.165, 1.54) is 15.7 Å². The number of aliphatic hydroxyl groups is 2. The van der Waals surface area contributed by atoms with Gasteiger partial charge in [0, 0.05) is 12.5 Å². The molecule has 4 saturated carbocycles. The zero-order valence-electron chi connectivity index (χ0n) is 23.5. The molecular formula is C30H45N3O4. The number of rotatable bonds is 1. The molecule has 0 aromatic carbocycles. The highest BCUT2D eigenvalue weighted by molar-refractivity contribution is 5.47. The molecule has 5 aliphatic carbocycles. The van der Waals surface area contributed by atoms with Gasteiger partial charge >= 0.3 is 11.4 Å². The number of fused-ring (bicyclic) bond motifs is 7. The van der Waals surface area contributed by atoms with Crippen LogP contribution in [0.5, 0.6) is 0 Å². The second kappa shape index (κ2) is 6.93. The molecule has 0 saturated heterocycles. The highest BCUT2D eigenvalue weighted by Gasteiger charge is 2.71. The first-order valence-corrected chi connectivity index (χ1v) is 14.8. The fourth-order valence-electron chi connectivity index (χ4n) is 11.8. The average molecular weight is 512 g/mol. The first-order chi connectivity index (χ1) is 17.3. The van der Waals surface area contributed by atoms with Crippen LogP contribution in [0.25, 0.3) is 0 Å². The Morgan fingerprint density at radius 1 is 0.946 bits per heavy atom. The minimum Gasteiger partial charge on any atom is -0.395 e. The molecule has 4 fully saturated rings. The van der Waals surface area contributed by atoms with Crippen LogP contribution in [-0.2, 0) is 12.6 Å². The SMILES string of the molecule is CC1C(O)CCC2(C)C1CCC1(C)C2CC2C3=C4C(CO)(CCC4(C)n4c(=O)n(C)c(=O)n42)CCC31C. The van der Waals surface area contributed by atoms with Gasteiger partial charge in [0.1, 0.15) is 0 Å². The molecule has 1 aliphatic heterocycles. The summed E-state index contributed by atoms with van der Waals surface area (Å²) in [6.45, 7) is 12.0. The molecule has 7 rings (SSSR count). The van der Waals surface area contributed by atoms with Gasteiger partial charge in [-0.15, -0.1) is 0 Å². The highest BCUT2D eigenvalue weighted by Crippen LogP contribution is 2.77. The second-order valence-corrected chi connectivity index (χ2v) is 15.0. The monoisotopic (exact) mass is 511 g/mol. The zero-order chi connectivity index (χ0) is 26.5. The van der Waals surface area contributed by atoms with Crippen LogP contribution in [-0.4, -0.2) is 36.9 Å². The van der Waals surface area contributed by atoms with Crippen LogP contribution >= 0.6 is 0 Å². The van der Waals surface area contributed by atoms with E-state index in [1.807, 2.05) is 4.68 Å². The Kier molecular flexibility index (Phi) is 4.58. The van der Waals surface area contributed by atoms with Crippen molar-refractivity contribution in [3.8, 4) is 0 Å². The molecule has 0 radical (unpaired) electrons. The van der Waals surface area contributed by atoms with Crippen molar-refractivity contribution in [2.45, 2.75) is 110 Å². The van der Waals surface area contributed by atoms with E-state index in [0.29, 0.717) is 11.8 Å². The van der Waals surface area contributed by atoms with Gasteiger partial charge in [0.05, 0.1) is 24.3 Å². The lowest BCUT2D eigenvalue weighted by atomic mass is 9.35. The van der Waals surface area contributed by atoms with Crippen LogP contribution in [0.3, 0.4) is 0 Å². The molecule has 7 heteroatoms. The Bertz CT molecular complexity index is 1350. The smallest absolute Gasteiger partial charge is 0.347 e. The molecule has 10 unspecified atom stereocenters. The van der Waals surface area contributed by atoms with Crippen LogP contribution in [0.2, 0.25) is 0 Å². The Balaban J connectivity index is 1.53. The van der Waals surface area contributed by atoms with Crippen molar-refractivity contribution in [3.05, 3.63) is 32.1 Å². The fraction of sp³-hybridized carbons (Fsp3) is 0.867. The minimum atomic E-state index is -0.568. The second-order valence-electron chi connectivity index (χ2n) is 15.0. The highest BCUT2D eigenvalue weighted by atomic mass is 16.3. The Morgan fingerprint density at radius 3 is 2.35 bits per heavy atom. The normalized spacial score (nSPS) is 51.8. The summed E-state index contributed by atoms with van der Waals surface area (Å²) in [4.78, 5) is 27.4. The Morgan fingerprint density at radius 2 is 1.65 bits per heavy atom. The quantitative estimate of drug-likeness (QED) is 0.563. The van der Waals surface area contributed by atoms with E-state index >= 15 is 0 Å². The molecule has 0 bridgehead atoms. The maximum Gasteiger partial charge on any atom is 0.347 e. The van der Waals surface area contributed by atoms with Gasteiger partial charge in [0.15, 0.2) is 0 Å². The van der Waals surface area contributed by atoms with Gasteiger partial charge in [-0.25, -0.2) is 23.5 Å². The molecule has 6 aliphatic rings. The van der Waals surface area contributed by atoms with Crippen LogP contribution in [0.15, 0.2) is 20.7 Å². The largest absolute Gasteiger partial charge is 0.395 e. The average Bonchev–Trinajstić information content (AvgIpc) is 3.30. The zero-order valence-corrected chi connectivity index (χ0v) is 23.5. The van der Waals surface area contributed by atoms with Gasteiger partial charge < -0.3 is 10.2 Å². The van der Waals surface area contributed by atoms with Crippen molar-refractivity contribution in [1.29, 1.82) is 0 Å². The molecule has 37 heavy (non-hydrogen) atoms. The first-order valence-electron chi connectivity index (χ1n) is 14.8. The fourth-order valence-corrected chi connectivity index (χ4v) is 11.8.